The van der Waals surface area contributed by atoms with E-state index in [9.17, 15) is 34.8 Å². The van der Waals surface area contributed by atoms with E-state index in [0.29, 0.717) is 16.7 Å². The highest BCUT2D eigenvalue weighted by molar-refractivity contribution is 5.93. The second-order valence-electron chi connectivity index (χ2n) is 11.1. The highest BCUT2D eigenvalue weighted by atomic mass is 16.6. The molecular weight excluding hydrogens is 612 g/mol. The van der Waals surface area contributed by atoms with Gasteiger partial charge in [0.25, 0.3) is 0 Å². The smallest absolute Gasteiger partial charge is 0.243 e. The molecule has 1 aliphatic heterocycles. The molecule has 4 aromatic rings. The van der Waals surface area contributed by atoms with Crippen LogP contribution < -0.4 is 21.7 Å². The number of amides is 3. The Hall–Kier alpha value is -5.00. The van der Waals surface area contributed by atoms with Crippen LogP contribution in [0.3, 0.4) is 0 Å². The number of hydrogen-bond acceptors (Lipinski definition) is 12. The van der Waals surface area contributed by atoms with Crippen molar-refractivity contribution >= 4 is 34.7 Å². The van der Waals surface area contributed by atoms with E-state index in [2.05, 4.69) is 30.9 Å². The molecule has 3 amide bonds. The fourth-order valence-corrected chi connectivity index (χ4v) is 5.32. The van der Waals surface area contributed by atoms with Gasteiger partial charge in [0.15, 0.2) is 17.8 Å². The fraction of sp³-hybridized carbons (Fsp3) is 0.355. The number of aromatic nitrogens is 4. The lowest BCUT2D eigenvalue weighted by molar-refractivity contribution is -0.254. The van der Waals surface area contributed by atoms with Crippen molar-refractivity contribution in [1.82, 2.24) is 35.5 Å². The third-order valence-electron chi connectivity index (χ3n) is 7.80. The highest BCUT2D eigenvalue weighted by Crippen LogP contribution is 2.20. The molecule has 2 aromatic heterocycles. The summed E-state index contributed by atoms with van der Waals surface area (Å²) in [7, 11) is 0. The number of fused-ring (bicyclic) bond motifs is 1. The molecule has 0 aliphatic carbocycles. The van der Waals surface area contributed by atoms with Crippen molar-refractivity contribution in [3.05, 3.63) is 84.4 Å². The first kappa shape index (κ1) is 33.4. The summed E-state index contributed by atoms with van der Waals surface area (Å²) < 4.78 is 6.62. The number of hydrogen-bond donors (Lipinski definition) is 8. The maximum atomic E-state index is 13.8. The number of ether oxygens (including phenoxy) is 1. The molecule has 1 saturated heterocycles. The molecule has 1 aliphatic rings. The Balaban J connectivity index is 1.35. The second-order valence-corrected chi connectivity index (χ2v) is 11.1. The molecule has 0 saturated carbocycles. The predicted molar refractivity (Wildman–Crippen MR) is 166 cm³/mol. The predicted octanol–water partition coefficient (Wildman–Crippen LogP) is -2.22. The fourth-order valence-electron chi connectivity index (χ4n) is 5.32. The number of anilines is 1. The maximum absolute atomic E-state index is 13.8. The summed E-state index contributed by atoms with van der Waals surface area (Å²) in [5.41, 5.74) is 7.94. The summed E-state index contributed by atoms with van der Waals surface area (Å²) in [6.45, 7) is -0.913. The molecular formula is C31H36N8O8. The Morgan fingerprint density at radius 2 is 1.47 bits per heavy atom. The van der Waals surface area contributed by atoms with E-state index >= 15 is 0 Å². The zero-order chi connectivity index (χ0) is 33.5. The zero-order valence-corrected chi connectivity index (χ0v) is 25.1. The van der Waals surface area contributed by atoms with Gasteiger partial charge in [-0.2, -0.15) is 0 Å². The van der Waals surface area contributed by atoms with Crippen molar-refractivity contribution in [2.45, 2.75) is 62.1 Å². The molecule has 0 spiro atoms. The molecule has 0 radical (unpaired) electrons. The van der Waals surface area contributed by atoms with Crippen LogP contribution in [0.5, 0.6) is 0 Å². The number of nitrogens with one attached hydrogen (secondary N) is 3. The number of nitrogens with zero attached hydrogens (tertiary/aromatic N) is 4. The normalized spacial score (nSPS) is 22.3. The standard InChI is InChI=1S/C31H36N8O8/c32-27-24-28(34-15-33-27)39(16-35-24)13-22(41)36-19(11-17-7-3-1-4-8-17)29(44)37-20(12-18-9-5-2-6-10-18)30(45)38-23-26(43)25(42)21(14-40)47-31(23)46/h1-10,15-16,19-21,23,25-26,31,40,42-43,46H,11-14H2,(H,36,41)(H,37,44)(H,38,45)(H2,32,33,34)/t19?,20-,21+,23?,25+,26+,31+/m0/s1. The van der Waals surface area contributed by atoms with E-state index in [1.54, 1.807) is 54.6 Å². The van der Waals surface area contributed by atoms with Crippen LogP contribution in [0.2, 0.25) is 0 Å². The first-order valence-corrected chi connectivity index (χ1v) is 14.8. The van der Waals surface area contributed by atoms with Gasteiger partial charge in [0.2, 0.25) is 17.7 Å². The number of rotatable bonds is 12. The van der Waals surface area contributed by atoms with Crippen molar-refractivity contribution in [3.8, 4) is 0 Å². The van der Waals surface area contributed by atoms with E-state index in [0.717, 1.165) is 5.56 Å². The minimum atomic E-state index is -1.76. The minimum absolute atomic E-state index is 0.00809. The third kappa shape index (κ3) is 8.05. The number of nitrogen functional groups attached to an aromatic ring is 1. The number of imidazole rings is 1. The SMILES string of the molecule is Nc1ncnc2c1ncn2CC(=O)NC(Cc1ccccc1)C(=O)N[C@@H](Cc1ccccc1)C(=O)NC1[C@H](O)O[C@H](CO)[C@@H](O)[C@@H]1O. The maximum Gasteiger partial charge on any atom is 0.243 e. The van der Waals surface area contributed by atoms with E-state index in [1.807, 2.05) is 6.07 Å². The Labute approximate surface area is 268 Å². The largest absolute Gasteiger partial charge is 0.394 e. The molecule has 47 heavy (non-hydrogen) atoms. The van der Waals surface area contributed by atoms with Crippen LogP contribution in [0.4, 0.5) is 5.82 Å². The lowest BCUT2D eigenvalue weighted by atomic mass is 9.96. The van der Waals surface area contributed by atoms with Crippen molar-refractivity contribution in [3.63, 3.8) is 0 Å². The average Bonchev–Trinajstić information content (AvgIpc) is 3.48. The van der Waals surface area contributed by atoms with Crippen LogP contribution in [0, 0.1) is 0 Å². The van der Waals surface area contributed by atoms with Gasteiger partial charge < -0.3 is 51.4 Å². The van der Waals surface area contributed by atoms with Gasteiger partial charge in [0, 0.05) is 12.8 Å². The van der Waals surface area contributed by atoms with E-state index in [-0.39, 0.29) is 25.2 Å². The molecule has 1 fully saturated rings. The van der Waals surface area contributed by atoms with E-state index < -0.39 is 67.1 Å². The Morgan fingerprint density at radius 3 is 2.09 bits per heavy atom. The monoisotopic (exact) mass is 648 g/mol. The molecule has 2 unspecified atom stereocenters. The first-order valence-electron chi connectivity index (χ1n) is 14.8. The molecule has 3 heterocycles. The molecule has 2 aromatic carbocycles. The van der Waals surface area contributed by atoms with Gasteiger partial charge in [-0.1, -0.05) is 60.7 Å². The van der Waals surface area contributed by atoms with Crippen LogP contribution >= 0.6 is 0 Å². The molecule has 0 bridgehead atoms. The Kier molecular flexibility index (Phi) is 10.7. The Morgan fingerprint density at radius 1 is 0.851 bits per heavy atom. The van der Waals surface area contributed by atoms with Gasteiger partial charge in [-0.3, -0.25) is 14.4 Å². The molecule has 16 nitrogen and oxygen atoms in total. The topological polar surface area (TPSA) is 247 Å². The van der Waals surface area contributed by atoms with Crippen molar-refractivity contribution in [2.24, 2.45) is 0 Å². The number of carbonyl (C=O) groups is 3. The lowest BCUT2D eigenvalue weighted by Crippen LogP contribution is -2.66. The molecule has 7 atom stereocenters. The average molecular weight is 649 g/mol. The summed E-state index contributed by atoms with van der Waals surface area (Å²) in [5.74, 6) is -1.86. The summed E-state index contributed by atoms with van der Waals surface area (Å²) in [4.78, 5) is 52.9. The highest BCUT2D eigenvalue weighted by Gasteiger charge is 2.45. The summed E-state index contributed by atoms with van der Waals surface area (Å²) in [5, 5.41) is 48.6. The van der Waals surface area contributed by atoms with Crippen molar-refractivity contribution in [1.29, 1.82) is 0 Å². The van der Waals surface area contributed by atoms with Gasteiger partial charge in [0.1, 0.15) is 54.8 Å². The van der Waals surface area contributed by atoms with Crippen LogP contribution in [0.15, 0.2) is 73.3 Å². The van der Waals surface area contributed by atoms with Gasteiger partial charge in [-0.25, -0.2) is 15.0 Å². The molecule has 9 N–H and O–H groups in total. The van der Waals surface area contributed by atoms with Gasteiger partial charge in [0.05, 0.1) is 12.9 Å². The quantitative estimate of drug-likeness (QED) is 0.0814. The lowest BCUT2D eigenvalue weighted by Gasteiger charge is -2.40. The van der Waals surface area contributed by atoms with Crippen LogP contribution in [-0.2, 0) is 38.5 Å². The molecule has 16 heteroatoms. The molecule has 248 valence electrons. The first-order chi connectivity index (χ1) is 22.6. The summed E-state index contributed by atoms with van der Waals surface area (Å²) in [6.07, 6.45) is -3.57. The number of nitrogens with two attached hydrogens (primary N) is 1. The van der Waals surface area contributed by atoms with Crippen LogP contribution in [0.1, 0.15) is 11.1 Å². The zero-order valence-electron chi connectivity index (χ0n) is 25.1. The van der Waals surface area contributed by atoms with E-state index in [4.69, 9.17) is 10.5 Å². The summed E-state index contributed by atoms with van der Waals surface area (Å²) >= 11 is 0. The van der Waals surface area contributed by atoms with Crippen molar-refractivity contribution < 1.29 is 39.5 Å². The van der Waals surface area contributed by atoms with Gasteiger partial charge in [-0.05, 0) is 11.1 Å². The van der Waals surface area contributed by atoms with Crippen molar-refractivity contribution in [2.75, 3.05) is 12.3 Å². The van der Waals surface area contributed by atoms with E-state index in [1.165, 1.54) is 17.2 Å². The third-order valence-corrected chi connectivity index (χ3v) is 7.80. The summed E-state index contributed by atoms with van der Waals surface area (Å²) in [6, 6.07) is 13.9. The minimum Gasteiger partial charge on any atom is -0.394 e. The number of aliphatic hydroxyl groups excluding tert-OH is 4. The van der Waals surface area contributed by atoms with Crippen LogP contribution in [0.25, 0.3) is 11.2 Å². The Bertz CT molecular complexity index is 1670. The number of carbonyl (C=O) groups excluding carboxylic acids is 3. The van der Waals surface area contributed by atoms with Gasteiger partial charge in [-0.15, -0.1) is 0 Å². The second kappa shape index (κ2) is 15.1. The number of benzene rings is 2. The van der Waals surface area contributed by atoms with Gasteiger partial charge >= 0.3 is 0 Å². The van der Waals surface area contributed by atoms with Crippen LogP contribution in [-0.4, -0.2) is 107 Å². The number of aliphatic hydroxyl groups is 4. The molecule has 5 rings (SSSR count).